The number of hydrogen-bond donors (Lipinski definition) is 0. The first kappa shape index (κ1) is 35.2. The van der Waals surface area contributed by atoms with Gasteiger partial charge in [-0.25, -0.2) is 9.48 Å². The molecule has 1 aliphatic heterocycles. The quantitative estimate of drug-likeness (QED) is 0.0477. The molecule has 1 unspecified atom stereocenters. The van der Waals surface area contributed by atoms with Gasteiger partial charge in [-0.2, -0.15) is 18.6 Å². The normalized spacial score (nSPS) is 15.6. The third kappa shape index (κ3) is 7.46. The number of thioether (sulfide) groups is 1. The Morgan fingerprint density at radius 1 is 1.20 bits per heavy atom. The van der Waals surface area contributed by atoms with E-state index < -0.39 is 16.1 Å². The van der Waals surface area contributed by atoms with Gasteiger partial charge in [0, 0.05) is 68.9 Å². The average Bonchev–Trinajstić information content (AvgIpc) is 3.66. The van der Waals surface area contributed by atoms with E-state index in [0.29, 0.717) is 29.4 Å². The summed E-state index contributed by atoms with van der Waals surface area (Å²) < 4.78 is 45.8. The van der Waals surface area contributed by atoms with Crippen LogP contribution in [-0.4, -0.2) is 65.1 Å². The van der Waals surface area contributed by atoms with E-state index in [9.17, 15) is 13.2 Å². The molecule has 4 heterocycles. The topological polar surface area (TPSA) is 119 Å². The van der Waals surface area contributed by atoms with Crippen LogP contribution in [0.2, 0.25) is 5.02 Å². The first-order chi connectivity index (χ1) is 21.9. The highest BCUT2D eigenvalue weighted by Gasteiger charge is 2.28. The Kier molecular flexibility index (Phi) is 11.5. The third-order valence-corrected chi connectivity index (χ3v) is 10.9. The second-order valence-corrected chi connectivity index (χ2v) is 15.2. The van der Waals surface area contributed by atoms with E-state index in [2.05, 4.69) is 33.3 Å². The van der Waals surface area contributed by atoms with E-state index in [1.54, 1.807) is 11.8 Å². The van der Waals surface area contributed by atoms with Crippen molar-refractivity contribution in [3.8, 4) is 11.1 Å². The zero-order chi connectivity index (χ0) is 33.2. The number of rotatable bonds is 13. The molecule has 1 atom stereocenters. The van der Waals surface area contributed by atoms with Crippen LogP contribution in [-0.2, 0) is 53.3 Å². The average molecular weight is 804 g/mol. The van der Waals surface area contributed by atoms with Crippen LogP contribution >= 0.6 is 46.0 Å². The van der Waals surface area contributed by atoms with Crippen LogP contribution in [0.3, 0.4) is 0 Å². The van der Waals surface area contributed by atoms with Gasteiger partial charge in [0.2, 0.25) is 0 Å². The lowest BCUT2D eigenvalue weighted by Crippen LogP contribution is -2.21. The molecule has 0 N–H and O–H groups in total. The highest BCUT2D eigenvalue weighted by atomic mass is 127. The van der Waals surface area contributed by atoms with Crippen molar-refractivity contribution in [3.63, 3.8) is 0 Å². The van der Waals surface area contributed by atoms with Gasteiger partial charge in [-0.15, -0.1) is 11.8 Å². The SMILES string of the molecule is COC(=O)c1c(C)c2c(-c3c(CSCc4cc(CI)nn4C4CCCCO4)nn(C)c3C)c(Cl)ccc2n1CCCOS(C)(=O)=O. The van der Waals surface area contributed by atoms with Gasteiger partial charge in [-0.05, 0) is 63.3 Å². The summed E-state index contributed by atoms with van der Waals surface area (Å²) in [6, 6.07) is 5.89. The van der Waals surface area contributed by atoms with Gasteiger partial charge in [-0.3, -0.25) is 8.86 Å². The summed E-state index contributed by atoms with van der Waals surface area (Å²) in [7, 11) is -0.311. The van der Waals surface area contributed by atoms with Gasteiger partial charge in [0.05, 0.1) is 37.1 Å². The number of alkyl halides is 1. The number of halogens is 2. The minimum absolute atomic E-state index is 0.00714. The molecule has 46 heavy (non-hydrogen) atoms. The Labute approximate surface area is 292 Å². The number of hydrogen-bond acceptors (Lipinski definition) is 9. The molecule has 250 valence electrons. The summed E-state index contributed by atoms with van der Waals surface area (Å²) in [4.78, 5) is 13.1. The molecule has 1 fully saturated rings. The fraction of sp³-hybridized carbons (Fsp3) is 0.516. The van der Waals surface area contributed by atoms with Gasteiger partial charge < -0.3 is 14.0 Å². The zero-order valence-corrected chi connectivity index (χ0v) is 31.2. The maximum atomic E-state index is 13.1. The lowest BCUT2D eigenvalue weighted by molar-refractivity contribution is -0.0408. The highest BCUT2D eigenvalue weighted by Crippen LogP contribution is 2.43. The van der Waals surface area contributed by atoms with Crippen LogP contribution in [0.25, 0.3) is 22.0 Å². The molecule has 0 bridgehead atoms. The van der Waals surface area contributed by atoms with Crippen LogP contribution in [0.5, 0.6) is 0 Å². The van der Waals surface area contributed by atoms with Crippen LogP contribution in [0.15, 0.2) is 18.2 Å². The van der Waals surface area contributed by atoms with Crippen molar-refractivity contribution in [2.45, 2.75) is 68.2 Å². The van der Waals surface area contributed by atoms with E-state index in [4.69, 9.17) is 35.5 Å². The number of fused-ring (bicyclic) bond motifs is 1. The van der Waals surface area contributed by atoms with Crippen molar-refractivity contribution in [3.05, 3.63) is 57.3 Å². The molecule has 15 heteroatoms. The van der Waals surface area contributed by atoms with Gasteiger partial charge in [0.15, 0.2) is 0 Å². The Morgan fingerprint density at radius 2 is 1.98 bits per heavy atom. The number of methoxy groups -OCH3 is 1. The summed E-state index contributed by atoms with van der Waals surface area (Å²) in [6.07, 6.45) is 4.53. The molecular weight excluding hydrogens is 765 g/mol. The highest BCUT2D eigenvalue weighted by molar-refractivity contribution is 14.1. The lowest BCUT2D eigenvalue weighted by atomic mass is 9.97. The van der Waals surface area contributed by atoms with Crippen LogP contribution in [0, 0.1) is 13.8 Å². The summed E-state index contributed by atoms with van der Waals surface area (Å²) in [5, 5.41) is 11.1. The molecule has 0 aliphatic carbocycles. The first-order valence-corrected chi connectivity index (χ1v) is 19.9. The smallest absolute Gasteiger partial charge is 0.354 e. The number of carbonyl (C=O) groups is 1. The van der Waals surface area contributed by atoms with Crippen LogP contribution in [0.4, 0.5) is 0 Å². The Hall–Kier alpha value is -2.11. The maximum absolute atomic E-state index is 13.1. The Bertz CT molecular complexity index is 1850. The second-order valence-electron chi connectivity index (χ2n) is 11.4. The van der Waals surface area contributed by atoms with E-state index in [0.717, 1.165) is 92.7 Å². The fourth-order valence-corrected chi connectivity index (χ4v) is 8.03. The summed E-state index contributed by atoms with van der Waals surface area (Å²) in [6.45, 7) is 5.00. The van der Waals surface area contributed by atoms with Crippen molar-refractivity contribution in [1.82, 2.24) is 24.1 Å². The summed E-state index contributed by atoms with van der Waals surface area (Å²) in [5.41, 5.74) is 7.67. The van der Waals surface area contributed by atoms with Crippen LogP contribution in [0.1, 0.15) is 70.7 Å². The molecule has 1 aliphatic rings. The largest absolute Gasteiger partial charge is 0.464 e. The standard InChI is InChI=1S/C31H39ClIN5O6S2/c1-19-27-25(37(30(19)31(39)42-4)12-8-14-44-46(5,40)41)11-10-23(32)29(27)28-20(2)36(3)35-24(28)18-45-17-22-15-21(16-33)34-38(22)26-9-6-7-13-43-26/h10-11,15,26H,6-9,12-14,16-18H2,1-5H3. The van der Waals surface area contributed by atoms with Crippen molar-refractivity contribution < 1.29 is 26.9 Å². The molecule has 1 aromatic carbocycles. The second kappa shape index (κ2) is 15.0. The number of benzene rings is 1. The van der Waals surface area contributed by atoms with Gasteiger partial charge in [0.25, 0.3) is 10.1 Å². The summed E-state index contributed by atoms with van der Waals surface area (Å²) >= 11 is 11.1. The third-order valence-electron chi connectivity index (χ3n) is 8.20. The van der Waals surface area contributed by atoms with Crippen molar-refractivity contribution in [2.24, 2.45) is 7.05 Å². The monoisotopic (exact) mass is 803 g/mol. The van der Waals surface area contributed by atoms with Crippen molar-refractivity contribution in [2.75, 3.05) is 26.6 Å². The van der Waals surface area contributed by atoms with Gasteiger partial charge in [-0.1, -0.05) is 34.2 Å². The molecule has 4 aromatic rings. The minimum Gasteiger partial charge on any atom is -0.464 e. The van der Waals surface area contributed by atoms with E-state index >= 15 is 0 Å². The number of esters is 1. The number of ether oxygens (including phenoxy) is 2. The molecule has 0 saturated carbocycles. The molecule has 1 saturated heterocycles. The number of nitrogens with zero attached hydrogens (tertiary/aromatic N) is 5. The molecule has 0 spiro atoms. The lowest BCUT2D eigenvalue weighted by Gasteiger charge is -2.24. The number of carbonyl (C=O) groups excluding carboxylic acids is 1. The predicted octanol–water partition coefficient (Wildman–Crippen LogP) is 6.73. The minimum atomic E-state index is -3.58. The van der Waals surface area contributed by atoms with Crippen molar-refractivity contribution >= 4 is 72.9 Å². The molecule has 3 aromatic heterocycles. The Morgan fingerprint density at radius 3 is 2.65 bits per heavy atom. The van der Waals surface area contributed by atoms with E-state index in [1.807, 2.05) is 42.3 Å². The molecule has 0 radical (unpaired) electrons. The van der Waals surface area contributed by atoms with Gasteiger partial charge >= 0.3 is 5.97 Å². The molecular formula is C31H39ClIN5O6S2. The van der Waals surface area contributed by atoms with Crippen molar-refractivity contribution in [1.29, 1.82) is 0 Å². The number of aryl methyl sites for hydroxylation is 3. The first-order valence-electron chi connectivity index (χ1n) is 15.0. The maximum Gasteiger partial charge on any atom is 0.354 e. The zero-order valence-electron chi connectivity index (χ0n) is 26.6. The number of aromatic nitrogens is 5. The van der Waals surface area contributed by atoms with E-state index in [-0.39, 0.29) is 12.8 Å². The van der Waals surface area contributed by atoms with E-state index in [1.165, 1.54) is 7.11 Å². The van der Waals surface area contributed by atoms with Crippen LogP contribution < -0.4 is 0 Å². The Balaban J connectivity index is 1.50. The molecule has 0 amide bonds. The molecule has 11 nitrogen and oxygen atoms in total. The predicted molar refractivity (Wildman–Crippen MR) is 189 cm³/mol. The molecule has 5 rings (SSSR count). The summed E-state index contributed by atoms with van der Waals surface area (Å²) in [5.74, 6) is 0.892. The van der Waals surface area contributed by atoms with Gasteiger partial charge in [0.1, 0.15) is 11.9 Å². The fourth-order valence-electron chi connectivity index (χ4n) is 6.07.